The minimum atomic E-state index is -1.71. The molecule has 96 valence electrons. The van der Waals surface area contributed by atoms with Gasteiger partial charge in [0.1, 0.15) is 0 Å². The average Bonchev–Trinajstić information content (AvgIpc) is 2.15. The molecule has 0 aliphatic heterocycles. The van der Waals surface area contributed by atoms with Crippen LogP contribution in [0.3, 0.4) is 0 Å². The maximum atomic E-state index is 10.8. The highest BCUT2D eigenvalue weighted by molar-refractivity contribution is 5.76. The highest BCUT2D eigenvalue weighted by Gasteiger charge is 2.33. The third-order valence-electron chi connectivity index (χ3n) is 2.64. The molecule has 0 aromatic carbocycles. The molecule has 1 atom stereocenters. The van der Waals surface area contributed by atoms with Crippen LogP contribution in [0.15, 0.2) is 0 Å². The van der Waals surface area contributed by atoms with Gasteiger partial charge in [-0.25, -0.2) is 4.79 Å². The van der Waals surface area contributed by atoms with Crippen molar-refractivity contribution in [2.24, 2.45) is 11.1 Å². The van der Waals surface area contributed by atoms with Crippen LogP contribution in [0.1, 0.15) is 27.7 Å². The molecule has 0 aliphatic rings. The van der Waals surface area contributed by atoms with Gasteiger partial charge in [-0.3, -0.25) is 4.90 Å². The monoisotopic (exact) mass is 232 g/mol. The quantitative estimate of drug-likeness (QED) is 0.581. The first-order valence-corrected chi connectivity index (χ1v) is 5.53. The predicted octanol–water partition coefficient (Wildman–Crippen LogP) is 0.129. The molecule has 0 saturated heterocycles. The van der Waals surface area contributed by atoms with Crippen molar-refractivity contribution >= 4 is 5.97 Å². The van der Waals surface area contributed by atoms with Gasteiger partial charge in [-0.15, -0.1) is 0 Å². The molecule has 5 heteroatoms. The average molecular weight is 232 g/mol. The van der Waals surface area contributed by atoms with Crippen molar-refractivity contribution < 1.29 is 15.0 Å². The second kappa shape index (κ2) is 5.61. The fourth-order valence-electron chi connectivity index (χ4n) is 1.45. The van der Waals surface area contributed by atoms with Crippen LogP contribution in [0.2, 0.25) is 0 Å². The molecule has 1 unspecified atom stereocenters. The van der Waals surface area contributed by atoms with Gasteiger partial charge in [-0.05, 0) is 25.4 Å². The van der Waals surface area contributed by atoms with Crippen LogP contribution in [0, 0.1) is 5.41 Å². The van der Waals surface area contributed by atoms with Gasteiger partial charge in [0, 0.05) is 13.1 Å². The van der Waals surface area contributed by atoms with Crippen molar-refractivity contribution in [1.29, 1.82) is 0 Å². The molecule has 0 amide bonds. The number of hydrogen-bond donors (Lipinski definition) is 3. The Morgan fingerprint density at radius 2 is 1.81 bits per heavy atom. The lowest BCUT2D eigenvalue weighted by Crippen LogP contribution is -2.49. The molecule has 5 nitrogen and oxygen atoms in total. The van der Waals surface area contributed by atoms with Gasteiger partial charge in [0.25, 0.3) is 0 Å². The number of aliphatic hydroxyl groups is 1. The molecular weight excluding hydrogens is 208 g/mol. The number of hydrogen-bond acceptors (Lipinski definition) is 4. The minimum Gasteiger partial charge on any atom is -0.479 e. The number of aliphatic carboxylic acids is 1. The fraction of sp³-hybridized carbons (Fsp3) is 0.909. The topological polar surface area (TPSA) is 86.8 Å². The van der Waals surface area contributed by atoms with Crippen molar-refractivity contribution in [1.82, 2.24) is 4.90 Å². The normalized spacial score (nSPS) is 16.2. The Bertz CT molecular complexity index is 239. The van der Waals surface area contributed by atoms with Gasteiger partial charge in [0.2, 0.25) is 0 Å². The Morgan fingerprint density at radius 3 is 2.12 bits per heavy atom. The van der Waals surface area contributed by atoms with Crippen molar-refractivity contribution in [3.8, 4) is 0 Å². The lowest BCUT2D eigenvalue weighted by atomic mass is 9.92. The minimum absolute atomic E-state index is 0.0788. The molecule has 0 aromatic heterocycles. The molecule has 0 fully saturated rings. The summed E-state index contributed by atoms with van der Waals surface area (Å²) in [5.74, 6) is -1.20. The van der Waals surface area contributed by atoms with E-state index in [-0.39, 0.29) is 12.0 Å². The van der Waals surface area contributed by atoms with Crippen molar-refractivity contribution in [2.45, 2.75) is 33.3 Å². The number of nitrogens with zero attached hydrogens (tertiary/aromatic N) is 1. The summed E-state index contributed by atoms with van der Waals surface area (Å²) in [5.41, 5.74) is 3.84. The predicted molar refractivity (Wildman–Crippen MR) is 63.2 cm³/mol. The molecule has 0 heterocycles. The van der Waals surface area contributed by atoms with E-state index in [0.29, 0.717) is 19.6 Å². The Labute approximate surface area is 97.2 Å². The molecule has 0 saturated carbocycles. The summed E-state index contributed by atoms with van der Waals surface area (Å²) >= 11 is 0. The van der Waals surface area contributed by atoms with E-state index >= 15 is 0 Å². The summed E-state index contributed by atoms with van der Waals surface area (Å²) in [6, 6.07) is 0. The zero-order chi connectivity index (χ0) is 13.0. The van der Waals surface area contributed by atoms with E-state index in [1.165, 1.54) is 6.92 Å². The molecule has 0 aromatic rings. The number of carboxylic acids is 1. The van der Waals surface area contributed by atoms with Crippen molar-refractivity contribution in [2.75, 3.05) is 26.2 Å². The largest absolute Gasteiger partial charge is 0.479 e. The first-order chi connectivity index (χ1) is 7.14. The lowest BCUT2D eigenvalue weighted by Gasteiger charge is -2.34. The summed E-state index contributed by atoms with van der Waals surface area (Å²) in [4.78, 5) is 12.7. The van der Waals surface area contributed by atoms with Gasteiger partial charge in [0.05, 0.1) is 0 Å². The van der Waals surface area contributed by atoms with Crippen LogP contribution < -0.4 is 5.73 Å². The number of carbonyl (C=O) groups is 1. The standard InChI is InChI=1S/C11H24N2O3/c1-5-13(7-10(2,3)6-12)8-11(4,16)9(14)15/h16H,5-8,12H2,1-4H3,(H,14,15). The van der Waals surface area contributed by atoms with Crippen LogP contribution in [-0.4, -0.2) is 52.9 Å². The molecule has 0 aliphatic carbocycles. The van der Waals surface area contributed by atoms with Crippen LogP contribution >= 0.6 is 0 Å². The van der Waals surface area contributed by atoms with Crippen LogP contribution in [0.5, 0.6) is 0 Å². The third kappa shape index (κ3) is 4.92. The zero-order valence-electron chi connectivity index (χ0n) is 10.7. The second-order valence-electron chi connectivity index (χ2n) is 5.25. The van der Waals surface area contributed by atoms with Gasteiger partial charge in [0.15, 0.2) is 5.60 Å². The highest BCUT2D eigenvalue weighted by Crippen LogP contribution is 2.17. The van der Waals surface area contributed by atoms with E-state index in [2.05, 4.69) is 0 Å². The fourth-order valence-corrected chi connectivity index (χ4v) is 1.45. The van der Waals surface area contributed by atoms with E-state index in [1.807, 2.05) is 25.7 Å². The van der Waals surface area contributed by atoms with E-state index in [1.54, 1.807) is 0 Å². The Morgan fingerprint density at radius 1 is 1.31 bits per heavy atom. The Hall–Kier alpha value is -0.650. The van der Waals surface area contributed by atoms with E-state index in [9.17, 15) is 9.90 Å². The lowest BCUT2D eigenvalue weighted by molar-refractivity contribution is -0.158. The molecular formula is C11H24N2O3. The van der Waals surface area contributed by atoms with E-state index in [4.69, 9.17) is 10.8 Å². The third-order valence-corrected chi connectivity index (χ3v) is 2.64. The number of rotatable bonds is 7. The maximum Gasteiger partial charge on any atom is 0.336 e. The summed E-state index contributed by atoms with van der Waals surface area (Å²) in [6.45, 7) is 9.28. The summed E-state index contributed by atoms with van der Waals surface area (Å²) < 4.78 is 0. The van der Waals surface area contributed by atoms with Gasteiger partial charge in [-0.1, -0.05) is 20.8 Å². The van der Waals surface area contributed by atoms with Crippen LogP contribution in [0.25, 0.3) is 0 Å². The number of nitrogens with two attached hydrogens (primary N) is 1. The smallest absolute Gasteiger partial charge is 0.336 e. The highest BCUT2D eigenvalue weighted by atomic mass is 16.4. The van der Waals surface area contributed by atoms with Crippen LogP contribution in [0.4, 0.5) is 0 Å². The van der Waals surface area contributed by atoms with E-state index < -0.39 is 11.6 Å². The molecule has 0 rings (SSSR count). The van der Waals surface area contributed by atoms with Gasteiger partial charge >= 0.3 is 5.97 Å². The molecule has 0 bridgehead atoms. The summed E-state index contributed by atoms with van der Waals surface area (Å²) in [5, 5.41) is 18.5. The summed E-state index contributed by atoms with van der Waals surface area (Å²) in [7, 11) is 0. The van der Waals surface area contributed by atoms with Crippen LogP contribution in [-0.2, 0) is 4.79 Å². The van der Waals surface area contributed by atoms with E-state index in [0.717, 1.165) is 0 Å². The maximum absolute atomic E-state index is 10.8. The summed E-state index contributed by atoms with van der Waals surface area (Å²) in [6.07, 6.45) is 0. The number of carboxylic acid groups (broad SMARTS) is 1. The molecule has 0 spiro atoms. The molecule has 0 radical (unpaired) electrons. The molecule has 4 N–H and O–H groups in total. The molecule has 16 heavy (non-hydrogen) atoms. The first kappa shape index (κ1) is 15.3. The van der Waals surface area contributed by atoms with Crippen molar-refractivity contribution in [3.05, 3.63) is 0 Å². The number of likely N-dealkylation sites (N-methyl/N-ethyl adjacent to an activating group) is 1. The second-order valence-corrected chi connectivity index (χ2v) is 5.25. The Kier molecular flexibility index (Phi) is 5.38. The van der Waals surface area contributed by atoms with Gasteiger partial charge in [-0.2, -0.15) is 0 Å². The Balaban J connectivity index is 4.48. The van der Waals surface area contributed by atoms with Gasteiger partial charge < -0.3 is 15.9 Å². The van der Waals surface area contributed by atoms with Crippen molar-refractivity contribution in [3.63, 3.8) is 0 Å². The first-order valence-electron chi connectivity index (χ1n) is 5.53. The SMILES string of the molecule is CCN(CC(C)(C)CN)CC(C)(O)C(=O)O. The zero-order valence-corrected chi connectivity index (χ0v) is 10.7.